The normalized spacial score (nSPS) is 12.2. The number of guanidine groups is 1. The molecule has 0 heterocycles. The lowest BCUT2D eigenvalue weighted by molar-refractivity contribution is 0.581. The summed E-state index contributed by atoms with van der Waals surface area (Å²) < 4.78 is 25.1. The number of nitrogens with one attached hydrogen (secondary N) is 3. The zero-order valence-electron chi connectivity index (χ0n) is 13.9. The Kier molecular flexibility index (Phi) is 9.43. The Labute approximate surface area is 154 Å². The fourth-order valence-corrected chi connectivity index (χ4v) is 3.04. The number of benzene rings is 1. The first kappa shape index (κ1) is 21.0. The summed E-state index contributed by atoms with van der Waals surface area (Å²) in [6.07, 6.45) is 1.71. The molecule has 0 unspecified atom stereocenters. The Bertz CT molecular complexity index is 651. The molecule has 1 aromatic carbocycles. The minimum absolute atomic E-state index is 0.0766. The molecule has 0 aromatic heterocycles. The van der Waals surface area contributed by atoms with Crippen LogP contribution in [-0.2, 0) is 16.4 Å². The topological polar surface area (TPSA) is 82.6 Å². The second kappa shape index (κ2) is 10.8. The third kappa shape index (κ3) is 8.19. The fourth-order valence-electron chi connectivity index (χ4n) is 1.92. The maximum absolute atomic E-state index is 11.3. The minimum atomic E-state index is -3.16. The van der Waals surface area contributed by atoms with Gasteiger partial charge in [-0.2, -0.15) is 0 Å². The average molecular weight is 395 g/mol. The highest BCUT2D eigenvalue weighted by atomic mass is 35.5. The molecular weight excluding hydrogens is 371 g/mol. The number of hydrogen-bond acceptors (Lipinski definition) is 3. The molecular formula is C15H24Cl2N4O2S. The van der Waals surface area contributed by atoms with Gasteiger partial charge in [-0.1, -0.05) is 29.3 Å². The number of aliphatic imine (C=N–C) groups is 1. The van der Waals surface area contributed by atoms with Crippen LogP contribution in [0.1, 0.15) is 18.9 Å². The lowest BCUT2D eigenvalue weighted by Crippen LogP contribution is -2.42. The first-order valence-corrected chi connectivity index (χ1v) is 10.1. The first-order chi connectivity index (χ1) is 11.4. The maximum Gasteiger partial charge on any atom is 0.211 e. The first-order valence-electron chi connectivity index (χ1n) is 7.73. The van der Waals surface area contributed by atoms with Crippen molar-refractivity contribution in [3.8, 4) is 0 Å². The van der Waals surface area contributed by atoms with E-state index in [9.17, 15) is 8.42 Å². The summed E-state index contributed by atoms with van der Waals surface area (Å²) in [5, 5.41) is 7.53. The summed E-state index contributed by atoms with van der Waals surface area (Å²) in [5.74, 6) is 0.709. The van der Waals surface area contributed by atoms with Crippen molar-refractivity contribution in [3.05, 3.63) is 33.8 Å². The van der Waals surface area contributed by atoms with E-state index >= 15 is 0 Å². The molecule has 0 fully saturated rings. The van der Waals surface area contributed by atoms with Crippen LogP contribution in [0.5, 0.6) is 0 Å². The highest BCUT2D eigenvalue weighted by Crippen LogP contribution is 2.21. The highest BCUT2D eigenvalue weighted by Gasteiger charge is 2.05. The van der Waals surface area contributed by atoms with Crippen LogP contribution in [-0.4, -0.2) is 46.8 Å². The Morgan fingerprint density at radius 3 is 2.50 bits per heavy atom. The average Bonchev–Trinajstić information content (AvgIpc) is 2.55. The van der Waals surface area contributed by atoms with Gasteiger partial charge < -0.3 is 10.6 Å². The predicted molar refractivity (Wildman–Crippen MR) is 102 cm³/mol. The van der Waals surface area contributed by atoms with Crippen molar-refractivity contribution in [2.45, 2.75) is 19.8 Å². The van der Waals surface area contributed by atoms with Gasteiger partial charge in [0.15, 0.2) is 5.96 Å². The van der Waals surface area contributed by atoms with E-state index in [1.54, 1.807) is 20.0 Å². The van der Waals surface area contributed by atoms with Gasteiger partial charge in [-0.15, -0.1) is 0 Å². The van der Waals surface area contributed by atoms with Crippen molar-refractivity contribution < 1.29 is 8.42 Å². The van der Waals surface area contributed by atoms with Gasteiger partial charge in [0.25, 0.3) is 0 Å². The summed E-state index contributed by atoms with van der Waals surface area (Å²) in [6, 6.07) is 5.50. The van der Waals surface area contributed by atoms with Gasteiger partial charge in [0.2, 0.25) is 10.0 Å². The third-order valence-electron chi connectivity index (χ3n) is 3.27. The lowest BCUT2D eigenvalue weighted by Gasteiger charge is -2.12. The number of aryl methyl sites for hydroxylation is 1. The Morgan fingerprint density at radius 2 is 1.88 bits per heavy atom. The Morgan fingerprint density at radius 1 is 1.17 bits per heavy atom. The molecule has 0 aliphatic heterocycles. The lowest BCUT2D eigenvalue weighted by atomic mass is 10.1. The van der Waals surface area contributed by atoms with Crippen LogP contribution in [0, 0.1) is 0 Å². The molecule has 0 radical (unpaired) electrons. The van der Waals surface area contributed by atoms with E-state index in [0.29, 0.717) is 29.1 Å². The van der Waals surface area contributed by atoms with Crippen LogP contribution < -0.4 is 15.4 Å². The number of sulfonamides is 1. The van der Waals surface area contributed by atoms with E-state index in [0.717, 1.165) is 24.9 Å². The van der Waals surface area contributed by atoms with Gasteiger partial charge in [-0.05, 0) is 37.5 Å². The number of rotatable bonds is 9. The van der Waals surface area contributed by atoms with E-state index in [2.05, 4.69) is 20.3 Å². The van der Waals surface area contributed by atoms with Crippen molar-refractivity contribution in [2.24, 2.45) is 4.99 Å². The molecule has 0 aliphatic rings. The standard InChI is InChI=1S/C15H24Cl2N4O2S/c1-3-24(22,23)21-10-9-20-15(18-2)19-8-4-5-12-6-7-13(16)11-14(12)17/h6-7,11,21H,3-5,8-10H2,1-2H3,(H2,18,19,20). The second-order valence-corrected chi connectivity index (χ2v) is 8.00. The van der Waals surface area contributed by atoms with E-state index in [4.69, 9.17) is 23.2 Å². The van der Waals surface area contributed by atoms with Crippen LogP contribution in [0.2, 0.25) is 10.0 Å². The zero-order chi connectivity index (χ0) is 18.0. The highest BCUT2D eigenvalue weighted by molar-refractivity contribution is 7.89. The number of nitrogens with zero attached hydrogens (tertiary/aromatic N) is 1. The fraction of sp³-hybridized carbons (Fsp3) is 0.533. The summed E-state index contributed by atoms with van der Waals surface area (Å²) >= 11 is 12.0. The van der Waals surface area contributed by atoms with Crippen LogP contribution in [0.15, 0.2) is 23.2 Å². The van der Waals surface area contributed by atoms with Crippen LogP contribution in [0.3, 0.4) is 0 Å². The number of halogens is 2. The van der Waals surface area contributed by atoms with Gasteiger partial charge in [0.05, 0.1) is 5.75 Å². The monoisotopic (exact) mass is 394 g/mol. The van der Waals surface area contributed by atoms with Crippen LogP contribution in [0.4, 0.5) is 0 Å². The van der Waals surface area contributed by atoms with Gasteiger partial charge >= 0.3 is 0 Å². The Balaban J connectivity index is 2.25. The molecule has 0 saturated heterocycles. The predicted octanol–water partition coefficient (Wildman–Crippen LogP) is 2.03. The van der Waals surface area contributed by atoms with Crippen molar-refractivity contribution in [1.29, 1.82) is 0 Å². The molecule has 9 heteroatoms. The van der Waals surface area contributed by atoms with Crippen LogP contribution in [0.25, 0.3) is 0 Å². The van der Waals surface area contributed by atoms with E-state index in [1.807, 2.05) is 12.1 Å². The largest absolute Gasteiger partial charge is 0.356 e. The van der Waals surface area contributed by atoms with Gasteiger partial charge in [0.1, 0.15) is 0 Å². The van der Waals surface area contributed by atoms with E-state index in [-0.39, 0.29) is 5.75 Å². The molecule has 1 rings (SSSR count). The third-order valence-corrected chi connectivity index (χ3v) is 5.26. The molecule has 0 saturated carbocycles. The molecule has 0 spiro atoms. The molecule has 0 amide bonds. The van der Waals surface area contributed by atoms with Crippen molar-refractivity contribution >= 4 is 39.2 Å². The zero-order valence-corrected chi connectivity index (χ0v) is 16.2. The van der Waals surface area contributed by atoms with Gasteiger partial charge in [0, 0.05) is 36.7 Å². The van der Waals surface area contributed by atoms with Crippen LogP contribution >= 0.6 is 23.2 Å². The molecule has 3 N–H and O–H groups in total. The van der Waals surface area contributed by atoms with Crippen molar-refractivity contribution in [1.82, 2.24) is 15.4 Å². The molecule has 6 nitrogen and oxygen atoms in total. The van der Waals surface area contributed by atoms with Gasteiger partial charge in [-0.3, -0.25) is 4.99 Å². The van der Waals surface area contributed by atoms with Crippen molar-refractivity contribution in [2.75, 3.05) is 32.4 Å². The second-order valence-electron chi connectivity index (χ2n) is 5.06. The SMILES string of the molecule is CCS(=O)(=O)NCCNC(=NC)NCCCc1ccc(Cl)cc1Cl. The molecule has 0 atom stereocenters. The summed E-state index contributed by atoms with van der Waals surface area (Å²) in [5.41, 5.74) is 1.06. The van der Waals surface area contributed by atoms with E-state index < -0.39 is 10.0 Å². The quantitative estimate of drug-likeness (QED) is 0.340. The summed E-state index contributed by atoms with van der Waals surface area (Å²) in [7, 11) is -1.49. The molecule has 136 valence electrons. The molecule has 1 aromatic rings. The Hall–Kier alpha value is -1.02. The minimum Gasteiger partial charge on any atom is -0.356 e. The summed E-state index contributed by atoms with van der Waals surface area (Å²) in [4.78, 5) is 4.09. The molecule has 0 bridgehead atoms. The molecule has 0 aliphatic carbocycles. The number of hydrogen-bond donors (Lipinski definition) is 3. The van der Waals surface area contributed by atoms with Gasteiger partial charge in [-0.25, -0.2) is 13.1 Å². The van der Waals surface area contributed by atoms with E-state index in [1.165, 1.54) is 0 Å². The van der Waals surface area contributed by atoms with Crippen molar-refractivity contribution in [3.63, 3.8) is 0 Å². The smallest absolute Gasteiger partial charge is 0.211 e. The summed E-state index contributed by atoms with van der Waals surface area (Å²) in [6.45, 7) is 3.10. The molecule has 24 heavy (non-hydrogen) atoms. The maximum atomic E-state index is 11.3.